The third-order valence-corrected chi connectivity index (χ3v) is 2.41. The molecular weight excluding hydrogens is 192 g/mol. The first-order valence-electron chi connectivity index (χ1n) is 4.85. The molecule has 1 rings (SSSR count). The van der Waals surface area contributed by atoms with E-state index in [0.717, 1.165) is 22.6 Å². The van der Waals surface area contributed by atoms with E-state index in [1.165, 1.54) is 0 Å². The number of halogens is 1. The number of hydrogen-bond acceptors (Lipinski definition) is 0. The van der Waals surface area contributed by atoms with Crippen LogP contribution in [0.15, 0.2) is 18.2 Å². The fourth-order valence-electron chi connectivity index (χ4n) is 1.09. The van der Waals surface area contributed by atoms with Crippen molar-refractivity contribution in [2.45, 2.75) is 27.2 Å². The van der Waals surface area contributed by atoms with Crippen LogP contribution in [-0.4, -0.2) is 0 Å². The van der Waals surface area contributed by atoms with E-state index in [1.54, 1.807) is 0 Å². The fraction of sp³-hybridized carbons (Fsp3) is 0.385. The summed E-state index contributed by atoms with van der Waals surface area (Å²) in [6, 6.07) is 5.84. The van der Waals surface area contributed by atoms with Crippen LogP contribution in [-0.2, 0) is 0 Å². The molecule has 74 valence electrons. The molecule has 0 saturated carbocycles. The van der Waals surface area contributed by atoms with Crippen LogP contribution in [0.3, 0.4) is 0 Å². The highest BCUT2D eigenvalue weighted by Gasteiger charge is 1.97. The van der Waals surface area contributed by atoms with Gasteiger partial charge < -0.3 is 0 Å². The van der Waals surface area contributed by atoms with Crippen molar-refractivity contribution in [2.75, 3.05) is 0 Å². The van der Waals surface area contributed by atoms with Gasteiger partial charge in [-0.3, -0.25) is 0 Å². The van der Waals surface area contributed by atoms with Gasteiger partial charge in [0.2, 0.25) is 0 Å². The lowest BCUT2D eigenvalue weighted by Gasteiger charge is -1.99. The molecule has 0 atom stereocenters. The minimum atomic E-state index is 0.627. The predicted octanol–water partition coefficient (Wildman–Crippen LogP) is 4.05. The Hall–Kier alpha value is -0.930. The van der Waals surface area contributed by atoms with Crippen LogP contribution < -0.4 is 0 Å². The summed E-state index contributed by atoms with van der Waals surface area (Å²) in [7, 11) is 0. The highest BCUT2D eigenvalue weighted by Crippen LogP contribution is 2.17. The van der Waals surface area contributed by atoms with Gasteiger partial charge in [0.1, 0.15) is 0 Å². The third kappa shape index (κ3) is 3.09. The second-order valence-electron chi connectivity index (χ2n) is 3.81. The van der Waals surface area contributed by atoms with Crippen LogP contribution in [0, 0.1) is 24.7 Å². The lowest BCUT2D eigenvalue weighted by atomic mass is 10.1. The average Bonchev–Trinajstić information content (AvgIpc) is 2.12. The summed E-state index contributed by atoms with van der Waals surface area (Å²) in [5.74, 6) is 6.94. The van der Waals surface area contributed by atoms with Gasteiger partial charge in [-0.1, -0.05) is 43.4 Å². The van der Waals surface area contributed by atoms with Crippen LogP contribution >= 0.6 is 11.6 Å². The van der Waals surface area contributed by atoms with Crippen molar-refractivity contribution in [3.05, 3.63) is 34.3 Å². The van der Waals surface area contributed by atoms with Gasteiger partial charge in [0, 0.05) is 17.0 Å². The van der Waals surface area contributed by atoms with Gasteiger partial charge in [0.15, 0.2) is 0 Å². The summed E-state index contributed by atoms with van der Waals surface area (Å²) in [4.78, 5) is 0. The maximum atomic E-state index is 5.99. The van der Waals surface area contributed by atoms with Crippen molar-refractivity contribution in [3.8, 4) is 11.8 Å². The molecule has 0 nitrogen and oxygen atoms in total. The Kier molecular flexibility index (Phi) is 4.04. The largest absolute Gasteiger partial charge is 0.0976 e. The molecule has 0 heterocycles. The number of hydrogen-bond donors (Lipinski definition) is 0. The van der Waals surface area contributed by atoms with Crippen molar-refractivity contribution in [2.24, 2.45) is 5.92 Å². The Morgan fingerprint density at radius 3 is 2.71 bits per heavy atom. The molecule has 0 spiro atoms. The second-order valence-corrected chi connectivity index (χ2v) is 4.22. The molecule has 0 aliphatic heterocycles. The normalized spacial score (nSPS) is 9.79. The van der Waals surface area contributed by atoms with Crippen LogP contribution in [0.25, 0.3) is 0 Å². The van der Waals surface area contributed by atoms with E-state index in [9.17, 15) is 0 Å². The molecule has 0 amide bonds. The van der Waals surface area contributed by atoms with Crippen molar-refractivity contribution in [3.63, 3.8) is 0 Å². The van der Waals surface area contributed by atoms with Crippen LogP contribution in [0.1, 0.15) is 31.4 Å². The molecule has 0 unspecified atom stereocenters. The third-order valence-electron chi connectivity index (χ3n) is 2.00. The molecule has 0 aliphatic rings. The zero-order valence-corrected chi connectivity index (χ0v) is 9.65. The lowest BCUT2D eigenvalue weighted by molar-refractivity contribution is 0.676. The van der Waals surface area contributed by atoms with Gasteiger partial charge in [-0.05, 0) is 30.5 Å². The van der Waals surface area contributed by atoms with Gasteiger partial charge in [-0.15, -0.1) is 0 Å². The first kappa shape index (κ1) is 11.1. The smallest absolute Gasteiger partial charge is 0.0447 e. The average molecular weight is 207 g/mol. The summed E-state index contributed by atoms with van der Waals surface area (Å²) < 4.78 is 0. The van der Waals surface area contributed by atoms with E-state index < -0.39 is 0 Å². The molecule has 1 heteroatoms. The Balaban J connectivity index is 2.85. The van der Waals surface area contributed by atoms with E-state index in [0.29, 0.717) is 5.92 Å². The highest BCUT2D eigenvalue weighted by molar-refractivity contribution is 6.31. The lowest BCUT2D eigenvalue weighted by Crippen LogP contribution is -1.85. The Labute approximate surface area is 91.3 Å². The van der Waals surface area contributed by atoms with Gasteiger partial charge in [-0.2, -0.15) is 0 Å². The Morgan fingerprint density at radius 2 is 2.07 bits per heavy atom. The molecule has 0 fully saturated rings. The molecule has 0 aliphatic carbocycles. The zero-order valence-electron chi connectivity index (χ0n) is 8.89. The molecule has 0 aromatic heterocycles. The summed E-state index contributed by atoms with van der Waals surface area (Å²) in [6.07, 6.45) is 0.936. The topological polar surface area (TPSA) is 0 Å². The molecule has 0 saturated heterocycles. The maximum absolute atomic E-state index is 5.99. The van der Waals surface area contributed by atoms with E-state index in [2.05, 4.69) is 25.7 Å². The molecule has 14 heavy (non-hydrogen) atoms. The Bertz CT molecular complexity index is 367. The SMILES string of the molecule is Cc1c(Cl)cccc1C#CCC(C)C. The molecule has 1 aromatic rings. The first-order chi connectivity index (χ1) is 6.61. The summed E-state index contributed by atoms with van der Waals surface area (Å²) >= 11 is 5.99. The number of benzene rings is 1. The molecular formula is C13H15Cl. The van der Waals surface area contributed by atoms with Crippen molar-refractivity contribution in [1.29, 1.82) is 0 Å². The second kappa shape index (κ2) is 5.08. The van der Waals surface area contributed by atoms with Crippen LogP contribution in [0.5, 0.6) is 0 Å². The van der Waals surface area contributed by atoms with E-state index >= 15 is 0 Å². The zero-order chi connectivity index (χ0) is 10.6. The van der Waals surface area contributed by atoms with Gasteiger partial charge in [0.25, 0.3) is 0 Å². The quantitative estimate of drug-likeness (QED) is 0.609. The molecule has 0 bridgehead atoms. The predicted molar refractivity (Wildman–Crippen MR) is 62.5 cm³/mol. The minimum absolute atomic E-state index is 0.627. The first-order valence-corrected chi connectivity index (χ1v) is 5.23. The fourth-order valence-corrected chi connectivity index (χ4v) is 1.27. The van der Waals surface area contributed by atoms with Gasteiger partial charge in [-0.25, -0.2) is 0 Å². The Morgan fingerprint density at radius 1 is 1.36 bits per heavy atom. The van der Waals surface area contributed by atoms with Gasteiger partial charge >= 0.3 is 0 Å². The minimum Gasteiger partial charge on any atom is -0.0976 e. The summed E-state index contributed by atoms with van der Waals surface area (Å²) in [5.41, 5.74) is 2.11. The molecule has 1 aromatic carbocycles. The standard InChI is InChI=1S/C13H15Cl/c1-10(2)6-4-7-12-8-5-9-13(14)11(12)3/h5,8-10H,6H2,1-3H3. The molecule has 0 N–H and O–H groups in total. The van der Waals surface area contributed by atoms with Crippen LogP contribution in [0.4, 0.5) is 0 Å². The van der Waals surface area contributed by atoms with Crippen molar-refractivity contribution < 1.29 is 0 Å². The molecule has 0 radical (unpaired) electrons. The van der Waals surface area contributed by atoms with E-state index in [4.69, 9.17) is 11.6 Å². The van der Waals surface area contributed by atoms with Crippen LogP contribution in [0.2, 0.25) is 5.02 Å². The number of rotatable bonds is 1. The van der Waals surface area contributed by atoms with Gasteiger partial charge in [0.05, 0.1) is 0 Å². The van der Waals surface area contributed by atoms with E-state index in [1.807, 2.05) is 25.1 Å². The van der Waals surface area contributed by atoms with E-state index in [-0.39, 0.29) is 0 Å². The van der Waals surface area contributed by atoms with Crippen molar-refractivity contribution >= 4 is 11.6 Å². The summed E-state index contributed by atoms with van der Waals surface area (Å²) in [5, 5.41) is 0.793. The monoisotopic (exact) mass is 206 g/mol. The summed E-state index contributed by atoms with van der Waals surface area (Å²) in [6.45, 7) is 6.33. The highest BCUT2D eigenvalue weighted by atomic mass is 35.5. The van der Waals surface area contributed by atoms with Crippen molar-refractivity contribution in [1.82, 2.24) is 0 Å². The maximum Gasteiger partial charge on any atom is 0.0447 e.